The first-order chi connectivity index (χ1) is 5.20. The molecule has 0 aliphatic heterocycles. The number of benzene rings is 1. The molecule has 3 heteroatoms. The van der Waals surface area contributed by atoms with E-state index in [9.17, 15) is 0 Å². The number of hydrogen-bond donors (Lipinski definition) is 2. The van der Waals surface area contributed by atoms with Gasteiger partial charge in [-0.05, 0) is 18.2 Å². The van der Waals surface area contributed by atoms with E-state index in [1.54, 1.807) is 18.2 Å². The molecule has 0 aromatic heterocycles. The smallest absolute Gasteiger partial charge is 0.139 e. The van der Waals surface area contributed by atoms with Crippen molar-refractivity contribution in [1.29, 1.82) is 0 Å². The zero-order valence-corrected chi connectivity index (χ0v) is 8.22. The molecule has 2 nitrogen and oxygen atoms in total. The van der Waals surface area contributed by atoms with E-state index in [0.29, 0.717) is 5.69 Å². The Labute approximate surface area is 75.2 Å². The molecule has 0 aliphatic carbocycles. The molecule has 0 saturated heterocycles. The molecule has 0 atom stereocenters. The van der Waals surface area contributed by atoms with Crippen molar-refractivity contribution in [2.75, 3.05) is 5.73 Å². The molecule has 3 N–H and O–H groups in total. The van der Waals surface area contributed by atoms with Gasteiger partial charge in [0.25, 0.3) is 0 Å². The standard InChI is InChI=1S/C6H6BrNO.C2H6/c7-4-1-2-5(8)6(9)3-4;1-2/h1-3,9H,8H2;1-2H3. The molecule has 0 amide bonds. The Bertz CT molecular complexity index is 225. The molecular weight excluding hydrogens is 206 g/mol. The molecule has 0 aliphatic rings. The van der Waals surface area contributed by atoms with E-state index in [2.05, 4.69) is 15.9 Å². The maximum absolute atomic E-state index is 8.95. The topological polar surface area (TPSA) is 46.2 Å². The van der Waals surface area contributed by atoms with Gasteiger partial charge in [0.05, 0.1) is 5.69 Å². The van der Waals surface area contributed by atoms with Crippen LogP contribution in [0.4, 0.5) is 5.69 Å². The fourth-order valence-electron chi connectivity index (χ4n) is 0.517. The quantitative estimate of drug-likeness (QED) is 0.519. The minimum atomic E-state index is 0.115. The number of hydrogen-bond acceptors (Lipinski definition) is 2. The fraction of sp³-hybridized carbons (Fsp3) is 0.250. The third kappa shape index (κ3) is 3.28. The number of phenolic OH excluding ortho intramolecular Hbond substituents is 1. The van der Waals surface area contributed by atoms with Crippen LogP contribution in [0.1, 0.15) is 13.8 Å². The molecule has 0 radical (unpaired) electrons. The van der Waals surface area contributed by atoms with Gasteiger partial charge >= 0.3 is 0 Å². The Morgan fingerprint density at radius 1 is 1.36 bits per heavy atom. The number of nitrogens with two attached hydrogens (primary N) is 1. The van der Waals surface area contributed by atoms with Crippen LogP contribution in [0.15, 0.2) is 22.7 Å². The lowest BCUT2D eigenvalue weighted by Gasteiger charge is -1.96. The molecular formula is C8H12BrNO. The van der Waals surface area contributed by atoms with Gasteiger partial charge in [-0.2, -0.15) is 0 Å². The predicted octanol–water partition coefficient (Wildman–Crippen LogP) is 2.76. The number of phenols is 1. The molecule has 0 unspecified atom stereocenters. The summed E-state index contributed by atoms with van der Waals surface area (Å²) in [7, 11) is 0. The van der Waals surface area contributed by atoms with Crippen molar-refractivity contribution in [3.63, 3.8) is 0 Å². The minimum absolute atomic E-state index is 0.115. The summed E-state index contributed by atoms with van der Waals surface area (Å²) in [5.74, 6) is 0.115. The molecule has 11 heavy (non-hydrogen) atoms. The Morgan fingerprint density at radius 3 is 2.27 bits per heavy atom. The molecule has 1 aromatic carbocycles. The van der Waals surface area contributed by atoms with Gasteiger partial charge in [-0.15, -0.1) is 0 Å². The summed E-state index contributed by atoms with van der Waals surface area (Å²) in [5, 5.41) is 8.95. The third-order valence-corrected chi connectivity index (χ3v) is 1.49. The molecule has 1 rings (SSSR count). The van der Waals surface area contributed by atoms with Gasteiger partial charge in [0, 0.05) is 4.47 Å². The lowest BCUT2D eigenvalue weighted by molar-refractivity contribution is 0.477. The van der Waals surface area contributed by atoms with Crippen LogP contribution in [0.25, 0.3) is 0 Å². The minimum Gasteiger partial charge on any atom is -0.506 e. The van der Waals surface area contributed by atoms with Gasteiger partial charge in [0.1, 0.15) is 5.75 Å². The second-order valence-corrected chi connectivity index (χ2v) is 2.62. The predicted molar refractivity (Wildman–Crippen MR) is 51.6 cm³/mol. The van der Waals surface area contributed by atoms with E-state index in [-0.39, 0.29) is 5.75 Å². The summed E-state index contributed by atoms with van der Waals surface area (Å²) in [6, 6.07) is 4.96. The normalized spacial score (nSPS) is 8.27. The summed E-state index contributed by atoms with van der Waals surface area (Å²) < 4.78 is 0.828. The monoisotopic (exact) mass is 217 g/mol. The van der Waals surface area contributed by atoms with Crippen LogP contribution in [0, 0.1) is 0 Å². The number of nitrogen functional groups attached to an aromatic ring is 1. The van der Waals surface area contributed by atoms with Crippen LogP contribution in [0.5, 0.6) is 5.75 Å². The van der Waals surface area contributed by atoms with Gasteiger partial charge in [-0.25, -0.2) is 0 Å². The van der Waals surface area contributed by atoms with E-state index in [1.807, 2.05) is 13.8 Å². The van der Waals surface area contributed by atoms with E-state index in [1.165, 1.54) is 0 Å². The zero-order chi connectivity index (χ0) is 8.85. The van der Waals surface area contributed by atoms with Crippen LogP contribution < -0.4 is 5.73 Å². The van der Waals surface area contributed by atoms with Crippen LogP contribution in [-0.2, 0) is 0 Å². The summed E-state index contributed by atoms with van der Waals surface area (Å²) in [6.45, 7) is 4.00. The Morgan fingerprint density at radius 2 is 1.91 bits per heavy atom. The number of halogens is 1. The third-order valence-electron chi connectivity index (χ3n) is 0.992. The van der Waals surface area contributed by atoms with Crippen LogP contribution in [0.3, 0.4) is 0 Å². The van der Waals surface area contributed by atoms with Gasteiger partial charge in [-0.1, -0.05) is 29.8 Å². The average Bonchev–Trinajstić information content (AvgIpc) is 2.02. The fourth-order valence-corrected chi connectivity index (χ4v) is 0.866. The van der Waals surface area contributed by atoms with Crippen molar-refractivity contribution in [2.45, 2.75) is 13.8 Å². The molecule has 0 spiro atoms. The Hall–Kier alpha value is -0.700. The summed E-state index contributed by atoms with van der Waals surface area (Å²) in [5.41, 5.74) is 5.72. The molecule has 0 fully saturated rings. The van der Waals surface area contributed by atoms with E-state index in [4.69, 9.17) is 10.8 Å². The highest BCUT2D eigenvalue weighted by Crippen LogP contribution is 2.23. The van der Waals surface area contributed by atoms with Crippen molar-refractivity contribution in [1.82, 2.24) is 0 Å². The van der Waals surface area contributed by atoms with Crippen molar-refractivity contribution < 1.29 is 5.11 Å². The highest BCUT2D eigenvalue weighted by atomic mass is 79.9. The van der Waals surface area contributed by atoms with Gasteiger partial charge in [0.2, 0.25) is 0 Å². The lowest BCUT2D eigenvalue weighted by atomic mass is 10.3. The molecule has 62 valence electrons. The second kappa shape index (κ2) is 5.02. The second-order valence-electron chi connectivity index (χ2n) is 1.70. The maximum Gasteiger partial charge on any atom is 0.139 e. The summed E-state index contributed by atoms with van der Waals surface area (Å²) in [4.78, 5) is 0. The van der Waals surface area contributed by atoms with Crippen LogP contribution in [-0.4, -0.2) is 5.11 Å². The van der Waals surface area contributed by atoms with E-state index >= 15 is 0 Å². The van der Waals surface area contributed by atoms with Crippen LogP contribution >= 0.6 is 15.9 Å². The van der Waals surface area contributed by atoms with E-state index in [0.717, 1.165) is 4.47 Å². The Balaban J connectivity index is 0.000000461. The average molecular weight is 218 g/mol. The van der Waals surface area contributed by atoms with Gasteiger partial charge < -0.3 is 10.8 Å². The zero-order valence-electron chi connectivity index (χ0n) is 6.63. The van der Waals surface area contributed by atoms with Crippen molar-refractivity contribution in [2.24, 2.45) is 0 Å². The van der Waals surface area contributed by atoms with Crippen molar-refractivity contribution >= 4 is 21.6 Å². The molecule has 0 heterocycles. The number of rotatable bonds is 0. The number of anilines is 1. The lowest BCUT2D eigenvalue weighted by Crippen LogP contribution is -1.83. The maximum atomic E-state index is 8.95. The van der Waals surface area contributed by atoms with Gasteiger partial charge in [-0.3, -0.25) is 0 Å². The summed E-state index contributed by atoms with van der Waals surface area (Å²) >= 11 is 3.18. The first kappa shape index (κ1) is 10.3. The summed E-state index contributed by atoms with van der Waals surface area (Å²) in [6.07, 6.45) is 0. The van der Waals surface area contributed by atoms with Crippen LogP contribution in [0.2, 0.25) is 0 Å². The highest BCUT2D eigenvalue weighted by molar-refractivity contribution is 9.10. The SMILES string of the molecule is CC.Nc1ccc(Br)cc1O. The first-order valence-electron chi connectivity index (χ1n) is 3.44. The molecule has 0 saturated carbocycles. The Kier molecular flexibility index (Phi) is 4.70. The van der Waals surface area contributed by atoms with Crippen molar-refractivity contribution in [3.8, 4) is 5.75 Å². The number of aromatic hydroxyl groups is 1. The highest BCUT2D eigenvalue weighted by Gasteiger charge is 1.93. The molecule has 0 bridgehead atoms. The largest absolute Gasteiger partial charge is 0.506 e. The van der Waals surface area contributed by atoms with Gasteiger partial charge in [0.15, 0.2) is 0 Å². The first-order valence-corrected chi connectivity index (χ1v) is 4.23. The molecule has 1 aromatic rings. The van der Waals surface area contributed by atoms with E-state index < -0.39 is 0 Å². The van der Waals surface area contributed by atoms with Crippen molar-refractivity contribution in [3.05, 3.63) is 22.7 Å².